The van der Waals surface area contributed by atoms with E-state index in [1.165, 1.54) is 0 Å². The molecular weight excluding hydrogens is 280 g/mol. The first-order chi connectivity index (χ1) is 10.7. The first kappa shape index (κ1) is 17.0. The summed E-state index contributed by atoms with van der Waals surface area (Å²) in [4.78, 5) is 26.7. The number of nitrogens with one attached hydrogen (secondary N) is 1. The third-order valence-electron chi connectivity index (χ3n) is 4.70. The minimum atomic E-state index is -0.492. The Balaban J connectivity index is 2.05. The number of fused-ring (bicyclic) bond motifs is 1. The smallest absolute Gasteiger partial charge is 0.232 e. The van der Waals surface area contributed by atoms with Gasteiger partial charge in [0.15, 0.2) is 0 Å². The number of piperidine rings is 1. The van der Waals surface area contributed by atoms with Gasteiger partial charge in [0, 0.05) is 38.4 Å². The maximum atomic E-state index is 12.8. The van der Waals surface area contributed by atoms with Gasteiger partial charge in [0.05, 0.1) is 5.41 Å². The highest BCUT2D eigenvalue weighted by Gasteiger charge is 2.48. The number of carbonyl (C=O) groups is 2. The van der Waals surface area contributed by atoms with Crippen molar-refractivity contribution in [1.82, 2.24) is 10.2 Å². The maximum Gasteiger partial charge on any atom is 0.232 e. The minimum absolute atomic E-state index is 0.0842. The van der Waals surface area contributed by atoms with Crippen LogP contribution in [0.1, 0.15) is 52.4 Å². The van der Waals surface area contributed by atoms with Crippen LogP contribution in [0.15, 0.2) is 11.8 Å². The van der Waals surface area contributed by atoms with E-state index in [0.717, 1.165) is 31.4 Å². The molecule has 1 saturated heterocycles. The van der Waals surface area contributed by atoms with Gasteiger partial charge in [-0.15, -0.1) is 0 Å². The zero-order valence-electron chi connectivity index (χ0n) is 13.8. The lowest BCUT2D eigenvalue weighted by molar-refractivity contribution is -0.140. The standard InChI is InChI=1S/C17H28N2O3/c1-3-19-14-8-5-6-10-17(14,11-9-15(19)20)16(21)18-12-7-13-22-4-2/h8H,3-7,9-13H2,1-2H3,(H,18,21). The molecule has 1 unspecified atom stereocenters. The van der Waals surface area contributed by atoms with Gasteiger partial charge in [0.25, 0.3) is 0 Å². The minimum Gasteiger partial charge on any atom is -0.382 e. The van der Waals surface area contributed by atoms with E-state index in [9.17, 15) is 9.59 Å². The molecule has 124 valence electrons. The number of likely N-dealkylation sites (tertiary alicyclic amines) is 1. The van der Waals surface area contributed by atoms with Gasteiger partial charge in [0.1, 0.15) is 0 Å². The Morgan fingerprint density at radius 2 is 2.23 bits per heavy atom. The number of ether oxygens (including phenoxy) is 1. The molecule has 0 aromatic rings. The fraction of sp³-hybridized carbons (Fsp3) is 0.765. The summed E-state index contributed by atoms with van der Waals surface area (Å²) in [7, 11) is 0. The van der Waals surface area contributed by atoms with Crippen molar-refractivity contribution in [2.45, 2.75) is 52.4 Å². The Morgan fingerprint density at radius 3 is 2.95 bits per heavy atom. The lowest BCUT2D eigenvalue weighted by Crippen LogP contribution is -2.53. The Bertz CT molecular complexity index is 447. The molecule has 1 atom stereocenters. The van der Waals surface area contributed by atoms with Gasteiger partial charge in [0.2, 0.25) is 11.8 Å². The monoisotopic (exact) mass is 308 g/mol. The first-order valence-corrected chi connectivity index (χ1v) is 8.52. The van der Waals surface area contributed by atoms with E-state index in [2.05, 4.69) is 11.4 Å². The fourth-order valence-electron chi connectivity index (χ4n) is 3.56. The number of rotatable bonds is 7. The predicted molar refractivity (Wildman–Crippen MR) is 85.1 cm³/mol. The molecule has 0 bridgehead atoms. The number of amides is 2. The van der Waals surface area contributed by atoms with E-state index in [1.807, 2.05) is 18.7 Å². The summed E-state index contributed by atoms with van der Waals surface area (Å²) in [6, 6.07) is 0. The number of allylic oxidation sites excluding steroid dienone is 1. The Morgan fingerprint density at radius 1 is 1.41 bits per heavy atom. The van der Waals surface area contributed by atoms with Crippen LogP contribution in [0.5, 0.6) is 0 Å². The van der Waals surface area contributed by atoms with Crippen LogP contribution < -0.4 is 5.32 Å². The molecular formula is C17H28N2O3. The van der Waals surface area contributed by atoms with Gasteiger partial charge in [-0.25, -0.2) is 0 Å². The van der Waals surface area contributed by atoms with E-state index in [0.29, 0.717) is 39.1 Å². The maximum absolute atomic E-state index is 12.8. The van der Waals surface area contributed by atoms with E-state index in [1.54, 1.807) is 0 Å². The summed E-state index contributed by atoms with van der Waals surface area (Å²) >= 11 is 0. The van der Waals surface area contributed by atoms with Gasteiger partial charge in [-0.1, -0.05) is 6.08 Å². The van der Waals surface area contributed by atoms with Gasteiger partial charge in [-0.3, -0.25) is 9.59 Å². The molecule has 0 spiro atoms. The number of hydrogen-bond donors (Lipinski definition) is 1. The van der Waals surface area contributed by atoms with Gasteiger partial charge < -0.3 is 15.0 Å². The van der Waals surface area contributed by atoms with Gasteiger partial charge in [-0.05, 0) is 46.0 Å². The summed E-state index contributed by atoms with van der Waals surface area (Å²) in [5, 5.41) is 3.06. The zero-order chi connectivity index (χ0) is 16.0. The van der Waals surface area contributed by atoms with E-state index in [-0.39, 0.29) is 11.8 Å². The highest BCUT2D eigenvalue weighted by molar-refractivity contribution is 5.91. The van der Waals surface area contributed by atoms with E-state index >= 15 is 0 Å². The summed E-state index contributed by atoms with van der Waals surface area (Å²) in [6.45, 7) is 6.60. The van der Waals surface area contributed by atoms with Gasteiger partial charge >= 0.3 is 0 Å². The van der Waals surface area contributed by atoms with Crippen LogP contribution in [0.25, 0.3) is 0 Å². The summed E-state index contributed by atoms with van der Waals surface area (Å²) in [5.41, 5.74) is 0.452. The molecule has 1 aliphatic carbocycles. The zero-order valence-corrected chi connectivity index (χ0v) is 13.8. The summed E-state index contributed by atoms with van der Waals surface area (Å²) in [6.07, 6.45) is 6.86. The molecule has 2 amide bonds. The Labute approximate surface area is 133 Å². The van der Waals surface area contributed by atoms with E-state index < -0.39 is 5.41 Å². The number of hydrogen-bond acceptors (Lipinski definition) is 3. The number of nitrogens with zero attached hydrogens (tertiary/aromatic N) is 1. The topological polar surface area (TPSA) is 58.6 Å². The quantitative estimate of drug-likeness (QED) is 0.734. The average Bonchev–Trinajstić information content (AvgIpc) is 2.54. The molecule has 2 rings (SSSR count). The van der Waals surface area contributed by atoms with Crippen molar-refractivity contribution in [2.75, 3.05) is 26.3 Å². The highest BCUT2D eigenvalue weighted by Crippen LogP contribution is 2.46. The van der Waals surface area contributed by atoms with Crippen LogP contribution in [-0.4, -0.2) is 43.0 Å². The van der Waals surface area contributed by atoms with Crippen LogP contribution in [0.3, 0.4) is 0 Å². The van der Waals surface area contributed by atoms with Crippen LogP contribution in [-0.2, 0) is 14.3 Å². The van der Waals surface area contributed by atoms with Crippen molar-refractivity contribution in [3.8, 4) is 0 Å². The molecule has 1 fully saturated rings. The second-order valence-electron chi connectivity index (χ2n) is 6.01. The van der Waals surface area contributed by atoms with Crippen molar-refractivity contribution < 1.29 is 14.3 Å². The molecule has 0 aromatic heterocycles. The number of carbonyl (C=O) groups excluding carboxylic acids is 2. The van der Waals surface area contributed by atoms with Crippen molar-refractivity contribution in [1.29, 1.82) is 0 Å². The molecule has 5 nitrogen and oxygen atoms in total. The molecule has 1 heterocycles. The highest BCUT2D eigenvalue weighted by atomic mass is 16.5. The van der Waals surface area contributed by atoms with Crippen LogP contribution >= 0.6 is 0 Å². The third kappa shape index (κ3) is 3.35. The molecule has 0 aromatic carbocycles. The SMILES string of the molecule is CCOCCCNC(=O)C12CCCC=C1N(CC)C(=O)CC2. The summed E-state index contributed by atoms with van der Waals surface area (Å²) < 4.78 is 5.30. The van der Waals surface area contributed by atoms with Crippen LogP contribution in [0.4, 0.5) is 0 Å². The molecule has 1 N–H and O–H groups in total. The van der Waals surface area contributed by atoms with Crippen molar-refractivity contribution >= 4 is 11.8 Å². The van der Waals surface area contributed by atoms with Gasteiger partial charge in [-0.2, -0.15) is 0 Å². The first-order valence-electron chi connectivity index (χ1n) is 8.52. The molecule has 5 heteroatoms. The largest absolute Gasteiger partial charge is 0.382 e. The third-order valence-corrected chi connectivity index (χ3v) is 4.70. The Kier molecular flexibility index (Phi) is 6.00. The molecule has 22 heavy (non-hydrogen) atoms. The molecule has 1 aliphatic heterocycles. The van der Waals surface area contributed by atoms with Crippen molar-refractivity contribution in [3.63, 3.8) is 0 Å². The predicted octanol–water partition coefficient (Wildman–Crippen LogP) is 2.23. The van der Waals surface area contributed by atoms with E-state index in [4.69, 9.17) is 4.74 Å². The molecule has 0 radical (unpaired) electrons. The van der Waals surface area contributed by atoms with Crippen molar-refractivity contribution in [3.05, 3.63) is 11.8 Å². The van der Waals surface area contributed by atoms with Crippen LogP contribution in [0, 0.1) is 5.41 Å². The second kappa shape index (κ2) is 7.77. The second-order valence-corrected chi connectivity index (χ2v) is 6.01. The lowest BCUT2D eigenvalue weighted by Gasteiger charge is -2.45. The van der Waals surface area contributed by atoms with Crippen molar-refractivity contribution in [2.24, 2.45) is 5.41 Å². The Hall–Kier alpha value is -1.36. The molecule has 2 aliphatic rings. The fourth-order valence-corrected chi connectivity index (χ4v) is 3.56. The average molecular weight is 308 g/mol. The van der Waals surface area contributed by atoms with Crippen LogP contribution in [0.2, 0.25) is 0 Å². The summed E-state index contributed by atoms with van der Waals surface area (Å²) in [5.74, 6) is 0.233. The molecule has 0 saturated carbocycles. The lowest BCUT2D eigenvalue weighted by atomic mass is 9.69. The normalized spacial score (nSPS) is 24.7.